The zero-order chi connectivity index (χ0) is 23.7. The standard InChI is InChI=1S/C14H14N2.C11H12O5/c15-13-9-8-12(10-14(13)16)7-6-11-4-2-1-3-5-11;1-3-16-8-5-4-7(10(12)13)6(2)9(8)11(14)15/h1-10H,15-16H2;4-5H,3H2,1-2H3,(H,12,13)(H,14,15). The Morgan fingerprint density at radius 3 is 2.09 bits per heavy atom. The molecule has 0 bridgehead atoms. The van der Waals surface area contributed by atoms with E-state index in [2.05, 4.69) is 12.1 Å². The number of aromatic carboxylic acids is 2. The fraction of sp³-hybridized carbons (Fsp3) is 0.120. The molecule has 0 amide bonds. The third-order valence-corrected chi connectivity index (χ3v) is 4.55. The minimum atomic E-state index is -1.19. The highest BCUT2D eigenvalue weighted by molar-refractivity contribution is 5.98. The molecular weight excluding hydrogens is 408 g/mol. The number of hydrogen-bond acceptors (Lipinski definition) is 5. The Hall–Kier alpha value is -4.26. The molecule has 3 aromatic rings. The number of hydrogen-bond donors (Lipinski definition) is 4. The quantitative estimate of drug-likeness (QED) is 0.323. The van der Waals surface area contributed by atoms with Gasteiger partial charge in [-0.1, -0.05) is 48.6 Å². The second-order valence-electron chi connectivity index (χ2n) is 6.79. The number of nitrogen functional groups attached to an aromatic ring is 2. The summed E-state index contributed by atoms with van der Waals surface area (Å²) in [7, 11) is 0. The van der Waals surface area contributed by atoms with E-state index >= 15 is 0 Å². The van der Waals surface area contributed by atoms with Gasteiger partial charge in [-0.3, -0.25) is 0 Å². The van der Waals surface area contributed by atoms with E-state index in [1.165, 1.54) is 19.1 Å². The van der Waals surface area contributed by atoms with Crippen molar-refractivity contribution < 1.29 is 24.5 Å². The van der Waals surface area contributed by atoms with E-state index in [1.54, 1.807) is 6.92 Å². The highest BCUT2D eigenvalue weighted by atomic mass is 16.5. The minimum Gasteiger partial charge on any atom is -0.493 e. The zero-order valence-corrected chi connectivity index (χ0v) is 17.9. The van der Waals surface area contributed by atoms with Crippen LogP contribution in [0, 0.1) is 6.92 Å². The maximum Gasteiger partial charge on any atom is 0.339 e. The summed E-state index contributed by atoms with van der Waals surface area (Å²) < 4.78 is 5.14. The maximum atomic E-state index is 11.0. The van der Waals surface area contributed by atoms with Crippen molar-refractivity contribution in [3.05, 3.63) is 88.5 Å². The van der Waals surface area contributed by atoms with E-state index in [-0.39, 0.29) is 22.4 Å². The Morgan fingerprint density at radius 1 is 0.875 bits per heavy atom. The molecule has 7 heteroatoms. The molecular formula is C25H26N2O5. The fourth-order valence-electron chi connectivity index (χ4n) is 2.91. The number of anilines is 2. The molecule has 0 aliphatic carbocycles. The van der Waals surface area contributed by atoms with Crippen molar-refractivity contribution in [1.29, 1.82) is 0 Å². The van der Waals surface area contributed by atoms with E-state index < -0.39 is 11.9 Å². The predicted octanol–water partition coefficient (Wildman–Crippen LogP) is 4.81. The Balaban J connectivity index is 0.000000227. The molecule has 3 aromatic carbocycles. The molecule has 0 radical (unpaired) electrons. The average molecular weight is 434 g/mol. The van der Waals surface area contributed by atoms with Crippen LogP contribution in [0.2, 0.25) is 0 Å². The minimum absolute atomic E-state index is 0.0270. The summed E-state index contributed by atoms with van der Waals surface area (Å²) in [5, 5.41) is 17.9. The molecule has 0 spiro atoms. The van der Waals surface area contributed by atoms with Crippen LogP contribution < -0.4 is 16.2 Å². The van der Waals surface area contributed by atoms with Gasteiger partial charge in [0.1, 0.15) is 11.3 Å². The molecule has 0 heterocycles. The van der Waals surface area contributed by atoms with Gasteiger partial charge in [0.15, 0.2) is 0 Å². The lowest BCUT2D eigenvalue weighted by Crippen LogP contribution is -2.10. The summed E-state index contributed by atoms with van der Waals surface area (Å²) >= 11 is 0. The van der Waals surface area contributed by atoms with Gasteiger partial charge in [0.05, 0.1) is 23.5 Å². The van der Waals surface area contributed by atoms with Gasteiger partial charge in [-0.05, 0) is 54.8 Å². The molecule has 0 atom stereocenters. The Labute approximate surface area is 186 Å². The Kier molecular flexibility index (Phi) is 8.42. The topological polar surface area (TPSA) is 136 Å². The molecule has 3 rings (SSSR count). The third kappa shape index (κ3) is 6.37. The van der Waals surface area contributed by atoms with E-state index in [0.717, 1.165) is 11.1 Å². The van der Waals surface area contributed by atoms with E-state index in [0.29, 0.717) is 18.0 Å². The summed E-state index contributed by atoms with van der Waals surface area (Å²) in [6, 6.07) is 18.5. The summed E-state index contributed by atoms with van der Waals surface area (Å²) in [4.78, 5) is 21.9. The summed E-state index contributed by atoms with van der Waals surface area (Å²) in [5.74, 6) is -2.15. The number of carbonyl (C=O) groups is 2. The number of nitrogens with two attached hydrogens (primary N) is 2. The highest BCUT2D eigenvalue weighted by Crippen LogP contribution is 2.25. The molecule has 0 aliphatic heterocycles. The lowest BCUT2D eigenvalue weighted by atomic mass is 10.0. The zero-order valence-electron chi connectivity index (χ0n) is 17.9. The maximum absolute atomic E-state index is 11.0. The molecule has 166 valence electrons. The first-order valence-corrected chi connectivity index (χ1v) is 9.85. The second-order valence-corrected chi connectivity index (χ2v) is 6.79. The van der Waals surface area contributed by atoms with Crippen LogP contribution in [0.1, 0.15) is 44.3 Å². The number of carboxylic acid groups (broad SMARTS) is 2. The van der Waals surface area contributed by atoms with Gasteiger partial charge in [0, 0.05) is 0 Å². The molecule has 0 unspecified atom stereocenters. The van der Waals surface area contributed by atoms with E-state index in [9.17, 15) is 9.59 Å². The predicted molar refractivity (Wildman–Crippen MR) is 127 cm³/mol. The lowest BCUT2D eigenvalue weighted by Gasteiger charge is -2.11. The monoisotopic (exact) mass is 434 g/mol. The van der Waals surface area contributed by atoms with Gasteiger partial charge < -0.3 is 26.4 Å². The molecule has 7 nitrogen and oxygen atoms in total. The SMILES string of the molecule is CCOc1ccc(C(=O)O)c(C)c1C(=O)O.Nc1ccc(C=Cc2ccccc2)cc1N. The van der Waals surface area contributed by atoms with Crippen molar-refractivity contribution >= 4 is 35.5 Å². The van der Waals surface area contributed by atoms with Crippen LogP contribution >= 0.6 is 0 Å². The third-order valence-electron chi connectivity index (χ3n) is 4.55. The summed E-state index contributed by atoms with van der Waals surface area (Å²) in [5.41, 5.74) is 14.9. The van der Waals surface area contributed by atoms with Crippen molar-refractivity contribution in [2.24, 2.45) is 0 Å². The normalized spacial score (nSPS) is 10.3. The van der Waals surface area contributed by atoms with Crippen LogP contribution in [0.5, 0.6) is 5.75 Å². The second kappa shape index (κ2) is 11.2. The first-order valence-electron chi connectivity index (χ1n) is 9.85. The van der Waals surface area contributed by atoms with Crippen molar-refractivity contribution in [2.45, 2.75) is 13.8 Å². The van der Waals surface area contributed by atoms with Crippen LogP contribution in [0.25, 0.3) is 12.2 Å². The average Bonchev–Trinajstić information content (AvgIpc) is 2.75. The smallest absolute Gasteiger partial charge is 0.339 e. The molecule has 32 heavy (non-hydrogen) atoms. The lowest BCUT2D eigenvalue weighted by molar-refractivity contribution is 0.0691. The summed E-state index contributed by atoms with van der Waals surface area (Å²) in [6.07, 6.45) is 4.07. The molecule has 0 saturated heterocycles. The van der Waals surface area contributed by atoms with Gasteiger partial charge in [-0.15, -0.1) is 0 Å². The van der Waals surface area contributed by atoms with Gasteiger partial charge >= 0.3 is 11.9 Å². The molecule has 0 saturated carbocycles. The van der Waals surface area contributed by atoms with Crippen LogP contribution in [0.3, 0.4) is 0 Å². The van der Waals surface area contributed by atoms with Crippen molar-refractivity contribution in [1.82, 2.24) is 0 Å². The number of carboxylic acids is 2. The Bertz CT molecular complexity index is 1120. The Morgan fingerprint density at radius 2 is 1.53 bits per heavy atom. The number of ether oxygens (including phenoxy) is 1. The largest absolute Gasteiger partial charge is 0.493 e. The van der Waals surface area contributed by atoms with E-state index in [1.807, 2.05) is 48.6 Å². The van der Waals surface area contributed by atoms with Crippen molar-refractivity contribution in [2.75, 3.05) is 18.1 Å². The van der Waals surface area contributed by atoms with Gasteiger partial charge in [-0.25, -0.2) is 9.59 Å². The number of rotatable bonds is 6. The molecule has 0 aliphatic rings. The van der Waals surface area contributed by atoms with Crippen molar-refractivity contribution in [3.63, 3.8) is 0 Å². The molecule has 0 fully saturated rings. The fourth-order valence-corrected chi connectivity index (χ4v) is 2.91. The van der Waals surface area contributed by atoms with Gasteiger partial charge in [-0.2, -0.15) is 0 Å². The van der Waals surface area contributed by atoms with E-state index in [4.69, 9.17) is 26.4 Å². The van der Waals surface area contributed by atoms with Crippen LogP contribution in [-0.2, 0) is 0 Å². The molecule has 6 N–H and O–H groups in total. The number of benzene rings is 3. The first kappa shape index (κ1) is 24.0. The van der Waals surface area contributed by atoms with Gasteiger partial charge in [0.2, 0.25) is 0 Å². The summed E-state index contributed by atoms with van der Waals surface area (Å²) in [6.45, 7) is 3.51. The molecule has 0 aromatic heterocycles. The van der Waals surface area contributed by atoms with Crippen LogP contribution in [-0.4, -0.2) is 28.8 Å². The van der Waals surface area contributed by atoms with Crippen LogP contribution in [0.15, 0.2) is 60.7 Å². The highest BCUT2D eigenvalue weighted by Gasteiger charge is 2.20. The van der Waals surface area contributed by atoms with Gasteiger partial charge in [0.25, 0.3) is 0 Å². The van der Waals surface area contributed by atoms with Crippen LogP contribution in [0.4, 0.5) is 11.4 Å². The van der Waals surface area contributed by atoms with Crippen molar-refractivity contribution in [3.8, 4) is 5.75 Å². The first-order chi connectivity index (χ1) is 15.2.